The highest BCUT2D eigenvalue weighted by atomic mass is 32.1. The lowest BCUT2D eigenvalue weighted by atomic mass is 9.97. The van der Waals surface area contributed by atoms with Gasteiger partial charge in [0.1, 0.15) is 12.1 Å². The predicted molar refractivity (Wildman–Crippen MR) is 68.3 cm³/mol. The smallest absolute Gasteiger partial charge is 0.132 e. The van der Waals surface area contributed by atoms with Gasteiger partial charge in [-0.05, 0) is 6.92 Å². The molecule has 0 aromatic carbocycles. The topological polar surface area (TPSA) is 41.9 Å². The van der Waals surface area contributed by atoms with Gasteiger partial charge in [0.15, 0.2) is 0 Å². The van der Waals surface area contributed by atoms with Crippen molar-refractivity contribution in [2.24, 2.45) is 5.92 Å². The van der Waals surface area contributed by atoms with Crippen molar-refractivity contribution in [3.63, 3.8) is 0 Å². The van der Waals surface area contributed by atoms with Gasteiger partial charge in [-0.15, -0.1) is 11.3 Å². The van der Waals surface area contributed by atoms with Gasteiger partial charge in [0.05, 0.1) is 5.01 Å². The lowest BCUT2D eigenvalue weighted by Crippen LogP contribution is -2.48. The third kappa shape index (κ3) is 2.29. The fourth-order valence-electron chi connectivity index (χ4n) is 2.10. The van der Waals surface area contributed by atoms with Gasteiger partial charge in [0, 0.05) is 48.8 Å². The quantitative estimate of drug-likeness (QED) is 0.829. The Bertz CT molecular complexity index is 491. The van der Waals surface area contributed by atoms with Crippen molar-refractivity contribution in [2.75, 3.05) is 18.0 Å². The van der Waals surface area contributed by atoms with E-state index < -0.39 is 0 Å². The summed E-state index contributed by atoms with van der Waals surface area (Å²) >= 11 is 1.74. The van der Waals surface area contributed by atoms with Crippen LogP contribution in [0.2, 0.25) is 0 Å². The van der Waals surface area contributed by atoms with Gasteiger partial charge >= 0.3 is 0 Å². The fourth-order valence-corrected chi connectivity index (χ4v) is 2.83. The van der Waals surface area contributed by atoms with Crippen molar-refractivity contribution < 1.29 is 0 Å². The minimum Gasteiger partial charge on any atom is -0.356 e. The summed E-state index contributed by atoms with van der Waals surface area (Å²) in [6.45, 7) is 4.16. The molecule has 88 valence electrons. The van der Waals surface area contributed by atoms with Crippen molar-refractivity contribution in [3.8, 4) is 0 Å². The second-order valence-electron chi connectivity index (χ2n) is 4.42. The molecule has 4 nitrogen and oxygen atoms in total. The summed E-state index contributed by atoms with van der Waals surface area (Å²) in [7, 11) is 0. The van der Waals surface area contributed by atoms with Crippen molar-refractivity contribution in [3.05, 3.63) is 34.7 Å². The molecule has 3 heterocycles. The maximum atomic E-state index is 4.32. The molecule has 1 fully saturated rings. The van der Waals surface area contributed by atoms with Crippen LogP contribution in [0.4, 0.5) is 5.82 Å². The number of aromatic nitrogens is 3. The Kier molecular flexibility index (Phi) is 2.76. The fraction of sp³-hybridized carbons (Fsp3) is 0.417. The second kappa shape index (κ2) is 4.41. The first-order valence-corrected chi connectivity index (χ1v) is 6.61. The molecule has 0 atom stereocenters. The summed E-state index contributed by atoms with van der Waals surface area (Å²) in [5.41, 5.74) is 1.03. The van der Waals surface area contributed by atoms with E-state index in [2.05, 4.69) is 19.9 Å². The zero-order valence-corrected chi connectivity index (χ0v) is 10.5. The van der Waals surface area contributed by atoms with E-state index in [1.807, 2.05) is 24.6 Å². The van der Waals surface area contributed by atoms with Gasteiger partial charge < -0.3 is 4.90 Å². The summed E-state index contributed by atoms with van der Waals surface area (Å²) in [4.78, 5) is 15.0. The Morgan fingerprint density at radius 3 is 2.94 bits per heavy atom. The SMILES string of the molecule is Cc1cc(N2CC(Cc3nccs3)C2)ncn1. The number of thiazole rings is 1. The van der Waals surface area contributed by atoms with Gasteiger partial charge in [-0.2, -0.15) is 0 Å². The summed E-state index contributed by atoms with van der Waals surface area (Å²) < 4.78 is 0. The van der Waals surface area contributed by atoms with E-state index in [4.69, 9.17) is 0 Å². The van der Waals surface area contributed by atoms with Gasteiger partial charge in [-0.1, -0.05) is 0 Å². The number of anilines is 1. The summed E-state index contributed by atoms with van der Waals surface area (Å²) in [5.74, 6) is 1.77. The molecule has 2 aromatic rings. The number of nitrogens with zero attached hydrogens (tertiary/aromatic N) is 4. The van der Waals surface area contributed by atoms with E-state index in [9.17, 15) is 0 Å². The molecule has 0 saturated carbocycles. The van der Waals surface area contributed by atoms with Gasteiger partial charge in [0.2, 0.25) is 0 Å². The van der Waals surface area contributed by atoms with E-state index in [0.29, 0.717) is 0 Å². The molecule has 1 saturated heterocycles. The molecule has 0 N–H and O–H groups in total. The van der Waals surface area contributed by atoms with Crippen LogP contribution in [0.3, 0.4) is 0 Å². The zero-order chi connectivity index (χ0) is 11.7. The third-order valence-electron chi connectivity index (χ3n) is 3.02. The van der Waals surface area contributed by atoms with Crippen LogP contribution in [-0.2, 0) is 6.42 Å². The van der Waals surface area contributed by atoms with Crippen LogP contribution < -0.4 is 4.90 Å². The number of aryl methyl sites for hydroxylation is 1. The van der Waals surface area contributed by atoms with Gasteiger partial charge in [0.25, 0.3) is 0 Å². The Balaban J connectivity index is 1.58. The van der Waals surface area contributed by atoms with E-state index in [-0.39, 0.29) is 0 Å². The minimum absolute atomic E-state index is 0.719. The largest absolute Gasteiger partial charge is 0.356 e. The molecule has 0 amide bonds. The standard InChI is InChI=1S/C12H14N4S/c1-9-4-11(15-8-14-9)16-6-10(7-16)5-12-13-2-3-17-12/h2-4,8,10H,5-7H2,1H3. The predicted octanol–water partition coefficient (Wildman–Crippen LogP) is 1.92. The Hall–Kier alpha value is -1.49. The van der Waals surface area contributed by atoms with E-state index in [0.717, 1.165) is 36.9 Å². The molecular formula is C12H14N4S. The average Bonchev–Trinajstić information content (AvgIpc) is 2.75. The number of hydrogen-bond acceptors (Lipinski definition) is 5. The molecule has 0 aliphatic carbocycles. The van der Waals surface area contributed by atoms with E-state index >= 15 is 0 Å². The van der Waals surface area contributed by atoms with Crippen LogP contribution in [0.5, 0.6) is 0 Å². The van der Waals surface area contributed by atoms with Crippen molar-refractivity contribution in [1.29, 1.82) is 0 Å². The first-order valence-electron chi connectivity index (χ1n) is 5.73. The molecule has 0 unspecified atom stereocenters. The first-order chi connectivity index (χ1) is 8.31. The maximum Gasteiger partial charge on any atom is 0.132 e. The summed E-state index contributed by atoms with van der Waals surface area (Å²) in [6, 6.07) is 2.04. The molecule has 0 radical (unpaired) electrons. The van der Waals surface area contributed by atoms with Crippen LogP contribution in [0.15, 0.2) is 24.0 Å². The van der Waals surface area contributed by atoms with Crippen LogP contribution in [-0.4, -0.2) is 28.0 Å². The van der Waals surface area contributed by atoms with Crippen molar-refractivity contribution in [2.45, 2.75) is 13.3 Å². The normalized spacial score (nSPS) is 15.9. The lowest BCUT2D eigenvalue weighted by molar-refractivity contribution is 0.404. The second-order valence-corrected chi connectivity index (χ2v) is 5.40. The molecule has 3 rings (SSSR count). The average molecular weight is 246 g/mol. The molecule has 0 bridgehead atoms. The minimum atomic E-state index is 0.719. The summed E-state index contributed by atoms with van der Waals surface area (Å²) in [5, 5.41) is 3.29. The maximum absolute atomic E-state index is 4.32. The molecule has 2 aromatic heterocycles. The lowest BCUT2D eigenvalue weighted by Gasteiger charge is -2.39. The number of hydrogen-bond donors (Lipinski definition) is 0. The van der Waals surface area contributed by atoms with E-state index in [1.165, 1.54) is 5.01 Å². The highest BCUT2D eigenvalue weighted by Gasteiger charge is 2.28. The van der Waals surface area contributed by atoms with Gasteiger partial charge in [-0.25, -0.2) is 15.0 Å². The van der Waals surface area contributed by atoms with Crippen molar-refractivity contribution in [1.82, 2.24) is 15.0 Å². The van der Waals surface area contributed by atoms with Crippen LogP contribution >= 0.6 is 11.3 Å². The highest BCUT2D eigenvalue weighted by molar-refractivity contribution is 7.09. The third-order valence-corrected chi connectivity index (χ3v) is 3.82. The molecule has 5 heteroatoms. The molecule has 17 heavy (non-hydrogen) atoms. The van der Waals surface area contributed by atoms with Crippen LogP contribution in [0.1, 0.15) is 10.7 Å². The zero-order valence-electron chi connectivity index (χ0n) is 9.71. The Labute approximate surface area is 104 Å². The van der Waals surface area contributed by atoms with Crippen LogP contribution in [0.25, 0.3) is 0 Å². The molecule has 1 aliphatic heterocycles. The highest BCUT2D eigenvalue weighted by Crippen LogP contribution is 2.25. The molecule has 1 aliphatic rings. The van der Waals surface area contributed by atoms with Crippen LogP contribution in [0, 0.1) is 12.8 Å². The Morgan fingerprint density at radius 1 is 1.35 bits per heavy atom. The Morgan fingerprint density at radius 2 is 2.24 bits per heavy atom. The number of rotatable bonds is 3. The summed E-state index contributed by atoms with van der Waals surface area (Å²) in [6.07, 6.45) is 4.61. The monoisotopic (exact) mass is 246 g/mol. The van der Waals surface area contributed by atoms with Crippen molar-refractivity contribution >= 4 is 17.2 Å². The molecule has 0 spiro atoms. The molecular weight excluding hydrogens is 232 g/mol. The van der Waals surface area contributed by atoms with Gasteiger partial charge in [-0.3, -0.25) is 0 Å². The first kappa shape index (κ1) is 10.7. The van der Waals surface area contributed by atoms with E-state index in [1.54, 1.807) is 17.7 Å².